The fraction of sp³-hybridized carbons (Fsp3) is 0.316. The van der Waals surface area contributed by atoms with E-state index in [1.807, 2.05) is 24.3 Å². The molecule has 11 nitrogen and oxygen atoms in total. The number of benzene rings is 1. The van der Waals surface area contributed by atoms with Crippen LogP contribution in [0.25, 0.3) is 0 Å². The molecule has 0 aliphatic carbocycles. The van der Waals surface area contributed by atoms with Crippen molar-refractivity contribution in [1.82, 2.24) is 15.3 Å². The first-order chi connectivity index (χ1) is 14.8. The molecule has 1 aromatic heterocycles. The molecule has 0 saturated carbocycles. The summed E-state index contributed by atoms with van der Waals surface area (Å²) in [6.45, 7) is 0.956. The van der Waals surface area contributed by atoms with E-state index in [0.29, 0.717) is 19.5 Å². The van der Waals surface area contributed by atoms with Gasteiger partial charge >= 0.3 is 0 Å². The minimum atomic E-state index is -0.669. The molecule has 2 amide bonds. The van der Waals surface area contributed by atoms with Gasteiger partial charge in [-0.15, -0.1) is 0 Å². The molecule has 10 N–H and O–H groups in total. The Morgan fingerprint density at radius 1 is 1.03 bits per heavy atom. The van der Waals surface area contributed by atoms with Crippen LogP contribution in [0.5, 0.6) is 0 Å². The van der Waals surface area contributed by atoms with Crippen molar-refractivity contribution < 1.29 is 9.59 Å². The number of nitrogens with one attached hydrogen (secondary N) is 2. The van der Waals surface area contributed by atoms with Gasteiger partial charge in [-0.25, -0.2) is 9.97 Å². The third-order valence-electron chi connectivity index (χ3n) is 4.17. The van der Waals surface area contributed by atoms with Crippen LogP contribution in [-0.2, 0) is 11.2 Å². The van der Waals surface area contributed by atoms with Crippen LogP contribution in [-0.4, -0.2) is 40.8 Å². The third-order valence-corrected chi connectivity index (χ3v) is 4.45. The highest BCUT2D eigenvalue weighted by molar-refractivity contribution is 6.31. The number of primary amides is 1. The largest absolute Gasteiger partial charge is 0.385 e. The fourth-order valence-corrected chi connectivity index (χ4v) is 2.71. The first kappa shape index (κ1) is 23.7. The van der Waals surface area contributed by atoms with E-state index in [2.05, 4.69) is 25.6 Å². The smallest absolute Gasteiger partial charge is 0.280 e. The Labute approximate surface area is 184 Å². The molecule has 2 rings (SSSR count). The van der Waals surface area contributed by atoms with Crippen molar-refractivity contribution in [2.45, 2.75) is 25.7 Å². The normalized spacial score (nSPS) is 11.2. The number of anilines is 3. The van der Waals surface area contributed by atoms with Crippen LogP contribution >= 0.6 is 11.6 Å². The lowest BCUT2D eigenvalue weighted by molar-refractivity contribution is -0.117. The van der Waals surface area contributed by atoms with Gasteiger partial charge in [-0.05, 0) is 37.0 Å². The monoisotopic (exact) mass is 447 g/mol. The summed E-state index contributed by atoms with van der Waals surface area (Å²) >= 11 is 5.76. The van der Waals surface area contributed by atoms with E-state index in [1.165, 1.54) is 5.56 Å². The number of aromatic nitrogens is 2. The van der Waals surface area contributed by atoms with E-state index in [9.17, 15) is 9.59 Å². The number of aliphatic imine (C=N–C) groups is 1. The molecular weight excluding hydrogens is 422 g/mol. The number of carbonyl (C=O) groups is 2. The summed E-state index contributed by atoms with van der Waals surface area (Å²) in [6, 6.07) is 7.96. The average molecular weight is 448 g/mol. The Morgan fingerprint density at radius 2 is 1.74 bits per heavy atom. The van der Waals surface area contributed by atoms with Gasteiger partial charge in [0.1, 0.15) is 0 Å². The van der Waals surface area contributed by atoms with E-state index in [4.69, 9.17) is 34.5 Å². The standard InChI is InChI=1S/C19H26ClN9O2/c20-15-17(23)28-16(22)14(27-15)18(31)29-19(24)26-9-2-1-3-11-4-6-12(7-5-11)25-10-8-13(21)30/h4-7,25H,1-3,8-10H2,(H2,21,30)(H4,22,23,28)(H3,24,26,29,31). The van der Waals surface area contributed by atoms with E-state index in [-0.39, 0.29) is 34.3 Å². The number of nitrogen functional groups attached to an aromatic ring is 2. The molecule has 0 spiro atoms. The van der Waals surface area contributed by atoms with Crippen LogP contribution in [0.1, 0.15) is 35.3 Å². The molecular formula is C19H26ClN9O2. The Morgan fingerprint density at radius 3 is 2.42 bits per heavy atom. The Kier molecular flexibility index (Phi) is 8.82. The molecule has 0 aliphatic rings. The van der Waals surface area contributed by atoms with Gasteiger partial charge in [0.25, 0.3) is 5.91 Å². The number of hydrogen-bond donors (Lipinski definition) is 6. The maximum Gasteiger partial charge on any atom is 0.280 e. The summed E-state index contributed by atoms with van der Waals surface area (Å²) in [7, 11) is 0. The molecule has 2 aromatic rings. The van der Waals surface area contributed by atoms with Gasteiger partial charge in [0.15, 0.2) is 28.4 Å². The van der Waals surface area contributed by atoms with Crippen LogP contribution in [0.3, 0.4) is 0 Å². The summed E-state index contributed by atoms with van der Waals surface area (Å²) < 4.78 is 0. The summed E-state index contributed by atoms with van der Waals surface area (Å²) in [6.07, 6.45) is 2.84. The zero-order valence-electron chi connectivity index (χ0n) is 16.9. The summed E-state index contributed by atoms with van der Waals surface area (Å²) in [4.78, 5) is 34.6. The fourth-order valence-electron chi connectivity index (χ4n) is 2.58. The highest BCUT2D eigenvalue weighted by atomic mass is 35.5. The molecule has 166 valence electrons. The van der Waals surface area contributed by atoms with E-state index >= 15 is 0 Å². The van der Waals surface area contributed by atoms with Crippen LogP contribution in [0.2, 0.25) is 5.15 Å². The number of unbranched alkanes of at least 4 members (excludes halogenated alkanes) is 1. The predicted octanol–water partition coefficient (Wildman–Crippen LogP) is 0.649. The first-order valence-corrected chi connectivity index (χ1v) is 9.95. The number of carbonyl (C=O) groups excluding carboxylic acids is 2. The molecule has 0 aliphatic heterocycles. The zero-order valence-corrected chi connectivity index (χ0v) is 17.7. The molecule has 1 aromatic carbocycles. The van der Waals surface area contributed by atoms with Crippen molar-refractivity contribution in [3.8, 4) is 0 Å². The second-order valence-corrected chi connectivity index (χ2v) is 7.01. The van der Waals surface area contributed by atoms with Crippen molar-refractivity contribution in [2.75, 3.05) is 29.9 Å². The highest BCUT2D eigenvalue weighted by Gasteiger charge is 2.16. The van der Waals surface area contributed by atoms with Gasteiger partial charge in [0.05, 0.1) is 0 Å². The molecule has 12 heteroatoms. The second kappa shape index (κ2) is 11.6. The first-order valence-electron chi connectivity index (χ1n) is 9.57. The molecule has 1 heterocycles. The van der Waals surface area contributed by atoms with Gasteiger partial charge in [-0.3, -0.25) is 19.9 Å². The van der Waals surface area contributed by atoms with Crippen molar-refractivity contribution in [2.24, 2.45) is 16.5 Å². The van der Waals surface area contributed by atoms with E-state index < -0.39 is 5.91 Å². The lowest BCUT2D eigenvalue weighted by atomic mass is 10.1. The van der Waals surface area contributed by atoms with Crippen molar-refractivity contribution in [1.29, 1.82) is 0 Å². The van der Waals surface area contributed by atoms with Gasteiger partial charge in [-0.1, -0.05) is 23.7 Å². The molecule has 0 saturated heterocycles. The maximum atomic E-state index is 12.2. The number of rotatable bonds is 10. The van der Waals surface area contributed by atoms with Gasteiger partial charge in [-0.2, -0.15) is 0 Å². The minimum absolute atomic E-state index is 0.0504. The second-order valence-electron chi connectivity index (χ2n) is 6.65. The highest BCUT2D eigenvalue weighted by Crippen LogP contribution is 2.17. The van der Waals surface area contributed by atoms with Crippen LogP contribution in [0.4, 0.5) is 17.3 Å². The van der Waals surface area contributed by atoms with Gasteiger partial charge in [0, 0.05) is 25.2 Å². The molecule has 0 radical (unpaired) electrons. The molecule has 0 atom stereocenters. The summed E-state index contributed by atoms with van der Waals surface area (Å²) in [5.74, 6) is -1.27. The quantitative estimate of drug-likeness (QED) is 0.173. The Hall–Kier alpha value is -3.60. The number of guanidine groups is 1. The lowest BCUT2D eigenvalue weighted by Gasteiger charge is -2.07. The van der Waals surface area contributed by atoms with Crippen molar-refractivity contribution >= 4 is 46.7 Å². The summed E-state index contributed by atoms with van der Waals surface area (Å²) in [5.41, 5.74) is 23.9. The number of nitrogens with two attached hydrogens (primary N) is 4. The number of amides is 2. The molecule has 31 heavy (non-hydrogen) atoms. The maximum absolute atomic E-state index is 12.2. The number of halogens is 1. The zero-order chi connectivity index (χ0) is 22.8. The minimum Gasteiger partial charge on any atom is -0.385 e. The van der Waals surface area contributed by atoms with Crippen LogP contribution in [0, 0.1) is 0 Å². The lowest BCUT2D eigenvalue weighted by Crippen LogP contribution is -2.38. The molecule has 0 bridgehead atoms. The Bertz CT molecular complexity index is 948. The van der Waals surface area contributed by atoms with Crippen LogP contribution in [0.15, 0.2) is 29.3 Å². The SMILES string of the molecule is NC(=O)CCNc1ccc(CCCCN=C(N)NC(=O)c2nc(Cl)c(N)nc2N)cc1. The number of nitrogens with zero attached hydrogens (tertiary/aromatic N) is 3. The average Bonchev–Trinajstić information content (AvgIpc) is 2.71. The van der Waals surface area contributed by atoms with Crippen molar-refractivity contribution in [3.63, 3.8) is 0 Å². The Balaban J connectivity index is 1.72. The van der Waals surface area contributed by atoms with Gasteiger partial charge in [0.2, 0.25) is 5.91 Å². The number of aryl methyl sites for hydroxylation is 1. The predicted molar refractivity (Wildman–Crippen MR) is 122 cm³/mol. The van der Waals surface area contributed by atoms with Crippen molar-refractivity contribution in [3.05, 3.63) is 40.7 Å². The topological polar surface area (TPSA) is 200 Å². The molecule has 0 fully saturated rings. The third kappa shape index (κ3) is 7.97. The summed E-state index contributed by atoms with van der Waals surface area (Å²) in [5, 5.41) is 5.40. The van der Waals surface area contributed by atoms with E-state index in [0.717, 1.165) is 24.9 Å². The van der Waals surface area contributed by atoms with Gasteiger partial charge < -0.3 is 28.3 Å². The van der Waals surface area contributed by atoms with E-state index in [1.54, 1.807) is 0 Å². The number of hydrogen-bond acceptors (Lipinski definition) is 8. The van der Waals surface area contributed by atoms with Crippen LogP contribution < -0.4 is 33.6 Å². The molecule has 0 unspecified atom stereocenters.